The van der Waals surface area contributed by atoms with E-state index in [0.717, 1.165) is 0 Å². The summed E-state index contributed by atoms with van der Waals surface area (Å²) >= 11 is 0. The van der Waals surface area contributed by atoms with Gasteiger partial charge in [0, 0.05) is 6.54 Å². The molecule has 0 spiro atoms. The lowest BCUT2D eigenvalue weighted by Crippen LogP contribution is -2.16. The SMILES string of the molecule is CCOc1ccccc1NC(=O)CCOCCN. The Morgan fingerprint density at radius 1 is 1.33 bits per heavy atom. The lowest BCUT2D eigenvalue weighted by Gasteiger charge is -2.11. The first-order chi connectivity index (χ1) is 8.77. The fourth-order valence-electron chi connectivity index (χ4n) is 1.41. The van der Waals surface area contributed by atoms with E-state index in [9.17, 15) is 4.79 Å². The molecule has 0 bridgehead atoms. The average Bonchev–Trinajstić information content (AvgIpc) is 2.37. The quantitative estimate of drug-likeness (QED) is 0.686. The molecule has 3 N–H and O–H groups in total. The number of para-hydroxylation sites is 2. The van der Waals surface area contributed by atoms with Gasteiger partial charge < -0.3 is 20.5 Å². The van der Waals surface area contributed by atoms with E-state index < -0.39 is 0 Å². The third-order valence-electron chi connectivity index (χ3n) is 2.20. The molecule has 100 valence electrons. The maximum absolute atomic E-state index is 11.7. The number of carbonyl (C=O) groups excluding carboxylic acids is 1. The topological polar surface area (TPSA) is 73.6 Å². The van der Waals surface area contributed by atoms with Crippen LogP contribution in [0.15, 0.2) is 24.3 Å². The van der Waals surface area contributed by atoms with Gasteiger partial charge >= 0.3 is 0 Å². The third-order valence-corrected chi connectivity index (χ3v) is 2.20. The van der Waals surface area contributed by atoms with E-state index in [4.69, 9.17) is 15.2 Å². The van der Waals surface area contributed by atoms with Crippen LogP contribution in [-0.4, -0.2) is 32.3 Å². The van der Waals surface area contributed by atoms with Crippen LogP contribution >= 0.6 is 0 Å². The van der Waals surface area contributed by atoms with Crippen LogP contribution in [0, 0.1) is 0 Å². The Morgan fingerprint density at radius 3 is 2.83 bits per heavy atom. The zero-order chi connectivity index (χ0) is 13.2. The summed E-state index contributed by atoms with van der Waals surface area (Å²) in [5.41, 5.74) is 5.96. The molecule has 0 aliphatic rings. The largest absolute Gasteiger partial charge is 0.492 e. The minimum Gasteiger partial charge on any atom is -0.492 e. The van der Waals surface area contributed by atoms with Crippen molar-refractivity contribution < 1.29 is 14.3 Å². The summed E-state index contributed by atoms with van der Waals surface area (Å²) in [5.74, 6) is 0.579. The van der Waals surface area contributed by atoms with Gasteiger partial charge in [-0.05, 0) is 19.1 Å². The van der Waals surface area contributed by atoms with Crippen molar-refractivity contribution in [3.8, 4) is 5.75 Å². The molecule has 5 nitrogen and oxygen atoms in total. The highest BCUT2D eigenvalue weighted by Gasteiger charge is 2.06. The molecule has 0 aliphatic carbocycles. The lowest BCUT2D eigenvalue weighted by molar-refractivity contribution is -0.117. The molecule has 1 rings (SSSR count). The lowest BCUT2D eigenvalue weighted by atomic mass is 10.3. The molecular formula is C13H20N2O3. The van der Waals surface area contributed by atoms with Crippen molar-refractivity contribution in [2.75, 3.05) is 31.7 Å². The van der Waals surface area contributed by atoms with Crippen LogP contribution in [-0.2, 0) is 9.53 Å². The Kier molecular flexibility index (Phi) is 6.83. The molecule has 0 aliphatic heterocycles. The van der Waals surface area contributed by atoms with Crippen molar-refractivity contribution in [3.05, 3.63) is 24.3 Å². The van der Waals surface area contributed by atoms with Gasteiger partial charge in [0.1, 0.15) is 5.75 Å². The Labute approximate surface area is 107 Å². The van der Waals surface area contributed by atoms with E-state index in [1.807, 2.05) is 31.2 Å². The molecule has 1 aromatic rings. The van der Waals surface area contributed by atoms with Gasteiger partial charge in [-0.3, -0.25) is 4.79 Å². The van der Waals surface area contributed by atoms with Crippen LogP contribution in [0.25, 0.3) is 0 Å². The monoisotopic (exact) mass is 252 g/mol. The van der Waals surface area contributed by atoms with Crippen LogP contribution in [0.5, 0.6) is 5.75 Å². The summed E-state index contributed by atoms with van der Waals surface area (Å²) in [7, 11) is 0. The van der Waals surface area contributed by atoms with Gasteiger partial charge in [0.05, 0.1) is 31.9 Å². The summed E-state index contributed by atoms with van der Waals surface area (Å²) in [6.45, 7) is 3.78. The molecule has 0 saturated heterocycles. The second-order valence-corrected chi connectivity index (χ2v) is 3.63. The Balaban J connectivity index is 2.43. The Morgan fingerprint density at radius 2 is 2.11 bits per heavy atom. The van der Waals surface area contributed by atoms with E-state index >= 15 is 0 Å². The average molecular weight is 252 g/mol. The van der Waals surface area contributed by atoms with Crippen LogP contribution in [0.4, 0.5) is 5.69 Å². The van der Waals surface area contributed by atoms with Gasteiger partial charge in [-0.15, -0.1) is 0 Å². The van der Waals surface area contributed by atoms with Crippen LogP contribution in [0.3, 0.4) is 0 Å². The van der Waals surface area contributed by atoms with E-state index in [-0.39, 0.29) is 5.91 Å². The maximum atomic E-state index is 11.7. The number of nitrogens with one attached hydrogen (secondary N) is 1. The standard InChI is InChI=1S/C13H20N2O3/c1-2-18-12-6-4-3-5-11(12)15-13(16)7-9-17-10-8-14/h3-6H,2,7-10,14H2,1H3,(H,15,16). The van der Waals surface area contributed by atoms with Crippen LogP contribution < -0.4 is 15.8 Å². The number of benzene rings is 1. The first kappa shape index (κ1) is 14.5. The van der Waals surface area contributed by atoms with E-state index in [1.165, 1.54) is 0 Å². The molecule has 0 radical (unpaired) electrons. The third kappa shape index (κ3) is 5.16. The van der Waals surface area contributed by atoms with Crippen LogP contribution in [0.2, 0.25) is 0 Å². The molecule has 1 aromatic carbocycles. The van der Waals surface area contributed by atoms with Crippen molar-refractivity contribution in [1.82, 2.24) is 0 Å². The zero-order valence-corrected chi connectivity index (χ0v) is 10.6. The zero-order valence-electron chi connectivity index (χ0n) is 10.6. The summed E-state index contributed by atoms with van der Waals surface area (Å²) < 4.78 is 10.6. The first-order valence-corrected chi connectivity index (χ1v) is 6.07. The highest BCUT2D eigenvalue weighted by molar-refractivity contribution is 5.92. The Hall–Kier alpha value is -1.59. The predicted molar refractivity (Wildman–Crippen MR) is 70.7 cm³/mol. The van der Waals surface area contributed by atoms with E-state index in [1.54, 1.807) is 0 Å². The van der Waals surface area contributed by atoms with Crippen molar-refractivity contribution in [3.63, 3.8) is 0 Å². The minimum absolute atomic E-state index is 0.0980. The first-order valence-electron chi connectivity index (χ1n) is 6.07. The fourth-order valence-corrected chi connectivity index (χ4v) is 1.41. The number of anilines is 1. The molecule has 0 unspecified atom stereocenters. The molecule has 1 amide bonds. The second kappa shape index (κ2) is 8.49. The predicted octanol–water partition coefficient (Wildman–Crippen LogP) is 1.39. The molecule has 0 saturated carbocycles. The Bertz CT molecular complexity index is 369. The highest BCUT2D eigenvalue weighted by atomic mass is 16.5. The van der Waals surface area contributed by atoms with Gasteiger partial charge in [-0.25, -0.2) is 0 Å². The molecule has 0 atom stereocenters. The van der Waals surface area contributed by atoms with Gasteiger partial charge in [0.2, 0.25) is 5.91 Å². The van der Waals surface area contributed by atoms with Gasteiger partial charge in [0.25, 0.3) is 0 Å². The molecular weight excluding hydrogens is 232 g/mol. The van der Waals surface area contributed by atoms with Crippen molar-refractivity contribution in [2.45, 2.75) is 13.3 Å². The van der Waals surface area contributed by atoms with Gasteiger partial charge in [-0.1, -0.05) is 12.1 Å². The molecule has 5 heteroatoms. The molecule has 0 aromatic heterocycles. The van der Waals surface area contributed by atoms with E-state index in [2.05, 4.69) is 5.32 Å². The summed E-state index contributed by atoms with van der Waals surface area (Å²) in [6, 6.07) is 7.35. The van der Waals surface area contributed by atoms with E-state index in [0.29, 0.717) is 44.2 Å². The number of ether oxygens (including phenoxy) is 2. The normalized spacial score (nSPS) is 10.1. The van der Waals surface area contributed by atoms with Crippen LogP contribution in [0.1, 0.15) is 13.3 Å². The maximum Gasteiger partial charge on any atom is 0.226 e. The van der Waals surface area contributed by atoms with Gasteiger partial charge in [-0.2, -0.15) is 0 Å². The second-order valence-electron chi connectivity index (χ2n) is 3.63. The van der Waals surface area contributed by atoms with Crippen molar-refractivity contribution in [2.24, 2.45) is 5.73 Å². The number of hydrogen-bond acceptors (Lipinski definition) is 4. The molecule has 18 heavy (non-hydrogen) atoms. The van der Waals surface area contributed by atoms with Crippen molar-refractivity contribution in [1.29, 1.82) is 0 Å². The number of amides is 1. The minimum atomic E-state index is -0.0980. The van der Waals surface area contributed by atoms with Gasteiger partial charge in [0.15, 0.2) is 0 Å². The number of carbonyl (C=O) groups is 1. The number of hydrogen-bond donors (Lipinski definition) is 2. The number of nitrogens with two attached hydrogens (primary N) is 1. The summed E-state index contributed by atoms with van der Waals surface area (Å²) in [5, 5.41) is 2.80. The summed E-state index contributed by atoms with van der Waals surface area (Å²) in [6.07, 6.45) is 0.306. The fraction of sp³-hybridized carbons (Fsp3) is 0.462. The summed E-state index contributed by atoms with van der Waals surface area (Å²) in [4.78, 5) is 11.7. The highest BCUT2D eigenvalue weighted by Crippen LogP contribution is 2.23. The van der Waals surface area contributed by atoms with Crippen molar-refractivity contribution >= 4 is 11.6 Å². The number of rotatable bonds is 8. The smallest absolute Gasteiger partial charge is 0.226 e. The molecule has 0 fully saturated rings. The molecule has 0 heterocycles.